The second-order valence-corrected chi connectivity index (χ2v) is 4.62. The van der Waals surface area contributed by atoms with E-state index in [4.69, 9.17) is 18.9 Å². The van der Waals surface area contributed by atoms with Crippen molar-refractivity contribution in [3.63, 3.8) is 0 Å². The molecule has 0 saturated carbocycles. The predicted octanol–water partition coefficient (Wildman–Crippen LogP) is 2.74. The van der Waals surface area contributed by atoms with Gasteiger partial charge in [0.25, 0.3) is 0 Å². The number of carbonyl (C=O) groups excluding carboxylic acids is 1. The number of hydrogen-bond acceptors (Lipinski definition) is 5. The lowest BCUT2D eigenvalue weighted by atomic mass is 10.2. The molecule has 0 heterocycles. The van der Waals surface area contributed by atoms with E-state index in [1.54, 1.807) is 0 Å². The summed E-state index contributed by atoms with van der Waals surface area (Å²) in [6.07, 6.45) is 7.40. The van der Waals surface area contributed by atoms with Gasteiger partial charge in [0, 0.05) is 12.7 Å². The largest absolute Gasteiger partial charge is 0.460 e. The van der Waals surface area contributed by atoms with Crippen LogP contribution in [-0.4, -0.2) is 52.2 Å². The second kappa shape index (κ2) is 17.1. The zero-order valence-electron chi connectivity index (χ0n) is 13.3. The topological polar surface area (TPSA) is 54.0 Å². The van der Waals surface area contributed by atoms with Crippen molar-refractivity contribution in [2.24, 2.45) is 0 Å². The van der Waals surface area contributed by atoms with Crippen molar-refractivity contribution in [1.29, 1.82) is 0 Å². The van der Waals surface area contributed by atoms with Crippen LogP contribution >= 0.6 is 0 Å². The summed E-state index contributed by atoms with van der Waals surface area (Å²) in [5.41, 5.74) is 0. The molecule has 5 heteroatoms. The summed E-state index contributed by atoms with van der Waals surface area (Å²) in [5, 5.41) is 0. The number of esters is 1. The van der Waals surface area contributed by atoms with Crippen LogP contribution in [0.1, 0.15) is 39.0 Å². The number of hydrogen-bond donors (Lipinski definition) is 0. The Bertz CT molecular complexity index is 243. The molecule has 0 saturated heterocycles. The highest BCUT2D eigenvalue weighted by atomic mass is 16.6. The molecule has 0 aromatic heterocycles. The molecule has 0 amide bonds. The average molecular weight is 302 g/mol. The van der Waals surface area contributed by atoms with Crippen LogP contribution in [0.2, 0.25) is 0 Å². The molecule has 0 unspecified atom stereocenters. The van der Waals surface area contributed by atoms with Gasteiger partial charge in [0.1, 0.15) is 6.61 Å². The van der Waals surface area contributed by atoms with E-state index in [1.165, 1.54) is 25.7 Å². The minimum atomic E-state index is -0.429. The van der Waals surface area contributed by atoms with Gasteiger partial charge in [0.15, 0.2) is 0 Å². The van der Waals surface area contributed by atoms with E-state index in [9.17, 15) is 4.79 Å². The Morgan fingerprint density at radius 3 is 1.90 bits per heavy atom. The lowest BCUT2D eigenvalue weighted by Crippen LogP contribution is -2.13. The standard InChI is InChI=1S/C16H30O5/c1-3-5-6-7-8-9-18-10-11-19-12-13-20-14-15-21-16(17)4-2/h4H,2-3,5-15H2,1H3. The Morgan fingerprint density at radius 2 is 1.33 bits per heavy atom. The fourth-order valence-corrected chi connectivity index (χ4v) is 1.61. The third-order valence-electron chi connectivity index (χ3n) is 2.77. The van der Waals surface area contributed by atoms with Gasteiger partial charge >= 0.3 is 5.97 Å². The molecule has 0 aliphatic heterocycles. The van der Waals surface area contributed by atoms with Crippen LogP contribution in [0, 0.1) is 0 Å². The van der Waals surface area contributed by atoms with Crippen LogP contribution in [0.3, 0.4) is 0 Å². The number of unbranched alkanes of at least 4 members (excludes halogenated alkanes) is 4. The minimum Gasteiger partial charge on any atom is -0.460 e. The summed E-state index contributed by atoms with van der Waals surface area (Å²) < 4.78 is 20.8. The summed E-state index contributed by atoms with van der Waals surface area (Å²) in [6, 6.07) is 0. The van der Waals surface area contributed by atoms with Gasteiger partial charge in [-0.15, -0.1) is 0 Å². The molecule has 124 valence electrons. The summed E-state index contributed by atoms with van der Waals surface area (Å²) >= 11 is 0. The van der Waals surface area contributed by atoms with Crippen LogP contribution in [0.25, 0.3) is 0 Å². The summed E-state index contributed by atoms with van der Waals surface area (Å²) in [6.45, 7) is 9.18. The molecule has 0 rings (SSSR count). The molecule has 0 aromatic rings. The van der Waals surface area contributed by atoms with Gasteiger partial charge in [-0.2, -0.15) is 0 Å². The van der Waals surface area contributed by atoms with E-state index in [1.807, 2.05) is 0 Å². The monoisotopic (exact) mass is 302 g/mol. The molecular weight excluding hydrogens is 272 g/mol. The predicted molar refractivity (Wildman–Crippen MR) is 82.4 cm³/mol. The Labute approximate surface area is 128 Å². The van der Waals surface area contributed by atoms with E-state index < -0.39 is 5.97 Å². The van der Waals surface area contributed by atoms with E-state index in [0.29, 0.717) is 33.0 Å². The summed E-state index contributed by atoms with van der Waals surface area (Å²) in [5.74, 6) is -0.429. The normalized spacial score (nSPS) is 10.5. The highest BCUT2D eigenvalue weighted by Crippen LogP contribution is 2.02. The highest BCUT2D eigenvalue weighted by Gasteiger charge is 1.95. The quantitative estimate of drug-likeness (QED) is 0.249. The third-order valence-corrected chi connectivity index (χ3v) is 2.77. The number of rotatable bonds is 16. The van der Waals surface area contributed by atoms with Gasteiger partial charge in [-0.25, -0.2) is 4.79 Å². The van der Waals surface area contributed by atoms with Crippen LogP contribution in [0.4, 0.5) is 0 Å². The van der Waals surface area contributed by atoms with Crippen molar-refractivity contribution in [2.45, 2.75) is 39.0 Å². The van der Waals surface area contributed by atoms with Gasteiger partial charge in [-0.3, -0.25) is 0 Å². The van der Waals surface area contributed by atoms with Gasteiger partial charge in [-0.05, 0) is 6.42 Å². The van der Waals surface area contributed by atoms with Crippen molar-refractivity contribution in [3.05, 3.63) is 12.7 Å². The first-order valence-corrected chi connectivity index (χ1v) is 7.83. The van der Waals surface area contributed by atoms with Gasteiger partial charge < -0.3 is 18.9 Å². The SMILES string of the molecule is C=CC(=O)OCCOCCOCCOCCCCCCC. The lowest BCUT2D eigenvalue weighted by molar-refractivity contribution is -0.139. The zero-order valence-corrected chi connectivity index (χ0v) is 13.3. The molecule has 21 heavy (non-hydrogen) atoms. The van der Waals surface area contributed by atoms with Gasteiger partial charge in [0.2, 0.25) is 0 Å². The van der Waals surface area contributed by atoms with Crippen LogP contribution in [0.15, 0.2) is 12.7 Å². The highest BCUT2D eigenvalue weighted by molar-refractivity contribution is 5.81. The van der Waals surface area contributed by atoms with Crippen molar-refractivity contribution in [3.8, 4) is 0 Å². The third kappa shape index (κ3) is 17.0. The molecule has 0 bridgehead atoms. The van der Waals surface area contributed by atoms with E-state index in [0.717, 1.165) is 19.1 Å². The molecule has 0 aliphatic carbocycles. The Morgan fingerprint density at radius 1 is 0.810 bits per heavy atom. The Kier molecular flexibility index (Phi) is 16.4. The van der Waals surface area contributed by atoms with Crippen LogP contribution in [0.5, 0.6) is 0 Å². The molecule has 0 aromatic carbocycles. The van der Waals surface area contributed by atoms with E-state index in [-0.39, 0.29) is 6.61 Å². The molecule has 0 fully saturated rings. The average Bonchev–Trinajstić information content (AvgIpc) is 2.50. The lowest BCUT2D eigenvalue weighted by Gasteiger charge is -2.07. The fraction of sp³-hybridized carbons (Fsp3) is 0.812. The van der Waals surface area contributed by atoms with Crippen molar-refractivity contribution < 1.29 is 23.7 Å². The smallest absolute Gasteiger partial charge is 0.330 e. The van der Waals surface area contributed by atoms with E-state index >= 15 is 0 Å². The Hall–Kier alpha value is -0.910. The molecule has 5 nitrogen and oxygen atoms in total. The fourth-order valence-electron chi connectivity index (χ4n) is 1.61. The van der Waals surface area contributed by atoms with E-state index in [2.05, 4.69) is 13.5 Å². The summed E-state index contributed by atoms with van der Waals surface area (Å²) in [4.78, 5) is 10.7. The molecule has 0 aliphatic rings. The first-order chi connectivity index (χ1) is 10.3. The zero-order chi connectivity index (χ0) is 15.6. The molecular formula is C16H30O5. The molecule has 0 atom stereocenters. The maximum absolute atomic E-state index is 10.7. The van der Waals surface area contributed by atoms with Crippen molar-refractivity contribution >= 4 is 5.97 Å². The van der Waals surface area contributed by atoms with Crippen LogP contribution in [-0.2, 0) is 23.7 Å². The van der Waals surface area contributed by atoms with Crippen LogP contribution < -0.4 is 0 Å². The minimum absolute atomic E-state index is 0.242. The number of carbonyl (C=O) groups is 1. The molecule has 0 N–H and O–H groups in total. The van der Waals surface area contributed by atoms with Crippen molar-refractivity contribution in [2.75, 3.05) is 46.2 Å². The summed E-state index contributed by atoms with van der Waals surface area (Å²) in [7, 11) is 0. The Balaban J connectivity index is 2.99. The first-order valence-electron chi connectivity index (χ1n) is 7.83. The maximum atomic E-state index is 10.7. The second-order valence-electron chi connectivity index (χ2n) is 4.62. The van der Waals surface area contributed by atoms with Gasteiger partial charge in [-0.1, -0.05) is 39.2 Å². The molecule has 0 radical (unpaired) electrons. The number of ether oxygens (including phenoxy) is 4. The first kappa shape index (κ1) is 20.1. The maximum Gasteiger partial charge on any atom is 0.330 e. The van der Waals surface area contributed by atoms with Crippen molar-refractivity contribution in [1.82, 2.24) is 0 Å². The van der Waals surface area contributed by atoms with Gasteiger partial charge in [0.05, 0.1) is 33.0 Å². The molecule has 0 spiro atoms.